The quantitative estimate of drug-likeness (QED) is 0.337. The Bertz CT molecular complexity index is 1030. The summed E-state index contributed by atoms with van der Waals surface area (Å²) in [5.41, 5.74) is 4.74. The number of aryl methyl sites for hydroxylation is 1. The van der Waals surface area contributed by atoms with Gasteiger partial charge in [-0.05, 0) is 66.1 Å². The first-order chi connectivity index (χ1) is 17.1. The Kier molecular flexibility index (Phi) is 8.86. The molecular weight excluding hydrogens is 446 g/mol. The number of ether oxygens (including phenoxy) is 3. The van der Waals surface area contributed by atoms with Crippen LogP contribution in [0.25, 0.3) is 0 Å². The van der Waals surface area contributed by atoms with Crippen LogP contribution in [-0.2, 0) is 31.8 Å². The second-order valence-corrected chi connectivity index (χ2v) is 8.90. The third-order valence-corrected chi connectivity index (χ3v) is 6.33. The Morgan fingerprint density at radius 3 is 2.69 bits per heavy atom. The molecule has 8 heteroatoms. The SMILES string of the molecule is COCCOC(=O)CC1CCc2ccc(NC(=O)c3ccc(/C=N/N4CCOCC4)cc3)cc2C1. The van der Waals surface area contributed by atoms with Crippen LogP contribution in [0.2, 0.25) is 0 Å². The molecule has 0 radical (unpaired) electrons. The zero-order chi connectivity index (χ0) is 24.5. The molecular formula is C27H33N3O5. The molecule has 0 spiro atoms. The average Bonchev–Trinajstić information content (AvgIpc) is 2.88. The molecule has 2 aromatic rings. The lowest BCUT2D eigenvalue weighted by Crippen LogP contribution is -2.32. The number of nitrogens with one attached hydrogen (secondary N) is 1. The van der Waals surface area contributed by atoms with E-state index in [2.05, 4.69) is 16.5 Å². The van der Waals surface area contributed by atoms with E-state index in [0.717, 1.165) is 43.6 Å². The van der Waals surface area contributed by atoms with Gasteiger partial charge < -0.3 is 19.5 Å². The highest BCUT2D eigenvalue weighted by Crippen LogP contribution is 2.30. The predicted octanol–water partition coefficient (Wildman–Crippen LogP) is 3.29. The number of hydrogen-bond donors (Lipinski definition) is 1. The van der Waals surface area contributed by atoms with Crippen LogP contribution in [0, 0.1) is 5.92 Å². The number of amides is 1. The maximum absolute atomic E-state index is 12.8. The lowest BCUT2D eigenvalue weighted by molar-refractivity contribution is -0.146. The van der Waals surface area contributed by atoms with Gasteiger partial charge >= 0.3 is 5.97 Å². The fourth-order valence-corrected chi connectivity index (χ4v) is 4.36. The number of anilines is 1. The van der Waals surface area contributed by atoms with Gasteiger partial charge in [-0.25, -0.2) is 0 Å². The number of carbonyl (C=O) groups excluding carboxylic acids is 2. The van der Waals surface area contributed by atoms with Gasteiger partial charge in [-0.1, -0.05) is 18.2 Å². The van der Waals surface area contributed by atoms with E-state index in [9.17, 15) is 9.59 Å². The molecule has 2 aromatic carbocycles. The van der Waals surface area contributed by atoms with Gasteiger partial charge in [0.2, 0.25) is 0 Å². The second-order valence-electron chi connectivity index (χ2n) is 8.90. The molecule has 1 N–H and O–H groups in total. The van der Waals surface area contributed by atoms with Gasteiger partial charge in [-0.2, -0.15) is 5.10 Å². The van der Waals surface area contributed by atoms with Crippen molar-refractivity contribution in [2.45, 2.75) is 25.7 Å². The van der Waals surface area contributed by atoms with E-state index < -0.39 is 0 Å². The zero-order valence-electron chi connectivity index (χ0n) is 20.2. The van der Waals surface area contributed by atoms with Crippen molar-refractivity contribution in [3.05, 3.63) is 64.7 Å². The number of carbonyl (C=O) groups is 2. The Hall–Kier alpha value is -3.23. The van der Waals surface area contributed by atoms with Crippen molar-refractivity contribution in [1.29, 1.82) is 0 Å². The second kappa shape index (κ2) is 12.5. The molecule has 1 aliphatic carbocycles. The summed E-state index contributed by atoms with van der Waals surface area (Å²) >= 11 is 0. The third-order valence-electron chi connectivity index (χ3n) is 6.33. The van der Waals surface area contributed by atoms with Crippen molar-refractivity contribution in [3.63, 3.8) is 0 Å². The van der Waals surface area contributed by atoms with E-state index in [1.165, 1.54) is 11.1 Å². The first-order valence-electron chi connectivity index (χ1n) is 12.1. The Balaban J connectivity index is 1.31. The van der Waals surface area contributed by atoms with Crippen LogP contribution in [0.3, 0.4) is 0 Å². The molecule has 0 bridgehead atoms. The van der Waals surface area contributed by atoms with Crippen LogP contribution >= 0.6 is 0 Å². The number of methoxy groups -OCH3 is 1. The number of esters is 1. The Morgan fingerprint density at radius 1 is 1.11 bits per heavy atom. The number of nitrogens with zero attached hydrogens (tertiary/aromatic N) is 2. The summed E-state index contributed by atoms with van der Waals surface area (Å²) in [5.74, 6) is -0.0933. The first kappa shape index (κ1) is 24.9. The fourth-order valence-electron chi connectivity index (χ4n) is 4.36. The van der Waals surface area contributed by atoms with Crippen molar-refractivity contribution in [1.82, 2.24) is 5.01 Å². The number of rotatable bonds is 9. The number of fused-ring (bicyclic) bond motifs is 1. The molecule has 0 aromatic heterocycles. The summed E-state index contributed by atoms with van der Waals surface area (Å²) in [6, 6.07) is 13.4. The standard InChI is InChI=1S/C27H33N3O5/c1-33-14-15-35-26(31)17-21-4-5-22-8-9-25(18-24(22)16-21)29-27(32)23-6-2-20(3-7-23)19-28-30-10-12-34-13-11-30/h2-3,6-9,18-19,21H,4-5,10-17H2,1H3,(H,29,32)/b28-19+. The topological polar surface area (TPSA) is 89.5 Å². The molecule has 0 saturated carbocycles. The summed E-state index contributed by atoms with van der Waals surface area (Å²) in [7, 11) is 1.58. The van der Waals surface area contributed by atoms with E-state index in [4.69, 9.17) is 14.2 Å². The molecule has 186 valence electrons. The molecule has 35 heavy (non-hydrogen) atoms. The van der Waals surface area contributed by atoms with Crippen LogP contribution < -0.4 is 5.32 Å². The van der Waals surface area contributed by atoms with Crippen molar-refractivity contribution < 1.29 is 23.8 Å². The van der Waals surface area contributed by atoms with Gasteiger partial charge in [0.1, 0.15) is 6.61 Å². The van der Waals surface area contributed by atoms with Gasteiger partial charge in [-0.15, -0.1) is 0 Å². The van der Waals surface area contributed by atoms with E-state index >= 15 is 0 Å². The van der Waals surface area contributed by atoms with Gasteiger partial charge in [0.05, 0.1) is 39.1 Å². The molecule has 1 atom stereocenters. The summed E-state index contributed by atoms with van der Waals surface area (Å²) in [6.07, 6.45) is 4.89. The molecule has 8 nitrogen and oxygen atoms in total. The summed E-state index contributed by atoms with van der Waals surface area (Å²) in [6.45, 7) is 3.67. The maximum Gasteiger partial charge on any atom is 0.306 e. The van der Waals surface area contributed by atoms with Crippen molar-refractivity contribution in [3.8, 4) is 0 Å². The predicted molar refractivity (Wildman–Crippen MR) is 134 cm³/mol. The van der Waals surface area contributed by atoms with Crippen LogP contribution in [0.5, 0.6) is 0 Å². The Labute approximate surface area is 206 Å². The minimum Gasteiger partial charge on any atom is -0.463 e. The van der Waals surface area contributed by atoms with Crippen LogP contribution in [0.15, 0.2) is 47.6 Å². The number of hydrazone groups is 1. The molecule has 1 saturated heterocycles. The minimum absolute atomic E-state index is 0.157. The molecule has 2 aliphatic rings. The largest absolute Gasteiger partial charge is 0.463 e. The normalized spacial score (nSPS) is 17.7. The molecule has 1 amide bonds. The molecule has 1 unspecified atom stereocenters. The highest BCUT2D eigenvalue weighted by atomic mass is 16.6. The summed E-state index contributed by atoms with van der Waals surface area (Å²) in [4.78, 5) is 24.9. The van der Waals surface area contributed by atoms with Gasteiger partial charge in [0, 0.05) is 24.8 Å². The van der Waals surface area contributed by atoms with E-state index in [-0.39, 0.29) is 24.4 Å². The average molecular weight is 480 g/mol. The minimum atomic E-state index is -0.182. The lowest BCUT2D eigenvalue weighted by Gasteiger charge is -2.24. The first-order valence-corrected chi connectivity index (χ1v) is 12.1. The number of benzene rings is 2. The van der Waals surface area contributed by atoms with Crippen LogP contribution in [0.4, 0.5) is 5.69 Å². The van der Waals surface area contributed by atoms with Gasteiger partial charge in [0.15, 0.2) is 0 Å². The van der Waals surface area contributed by atoms with Gasteiger partial charge in [0.25, 0.3) is 5.91 Å². The number of morpholine rings is 1. The smallest absolute Gasteiger partial charge is 0.306 e. The fraction of sp³-hybridized carbons (Fsp3) is 0.444. The maximum atomic E-state index is 12.8. The van der Waals surface area contributed by atoms with Crippen molar-refractivity contribution in [2.24, 2.45) is 11.0 Å². The molecule has 1 heterocycles. The summed E-state index contributed by atoms with van der Waals surface area (Å²) in [5, 5.41) is 9.45. The van der Waals surface area contributed by atoms with E-state index in [0.29, 0.717) is 31.8 Å². The van der Waals surface area contributed by atoms with E-state index in [1.54, 1.807) is 25.5 Å². The highest BCUT2D eigenvalue weighted by molar-refractivity contribution is 6.04. The molecule has 1 fully saturated rings. The van der Waals surface area contributed by atoms with E-state index in [1.807, 2.05) is 29.3 Å². The van der Waals surface area contributed by atoms with Crippen molar-refractivity contribution in [2.75, 3.05) is 51.9 Å². The third kappa shape index (κ3) is 7.37. The highest BCUT2D eigenvalue weighted by Gasteiger charge is 2.22. The molecule has 4 rings (SSSR count). The van der Waals surface area contributed by atoms with Crippen LogP contribution in [-0.4, -0.2) is 69.7 Å². The lowest BCUT2D eigenvalue weighted by atomic mass is 9.82. The van der Waals surface area contributed by atoms with Crippen molar-refractivity contribution >= 4 is 23.8 Å². The van der Waals surface area contributed by atoms with Gasteiger partial charge in [-0.3, -0.25) is 14.6 Å². The monoisotopic (exact) mass is 479 g/mol. The zero-order valence-corrected chi connectivity index (χ0v) is 20.2. The summed E-state index contributed by atoms with van der Waals surface area (Å²) < 4.78 is 15.5. The molecule has 1 aliphatic heterocycles. The van der Waals surface area contributed by atoms with Crippen LogP contribution in [0.1, 0.15) is 39.9 Å². The number of hydrogen-bond acceptors (Lipinski definition) is 7. The Morgan fingerprint density at radius 2 is 1.91 bits per heavy atom.